The maximum atomic E-state index is 14.4. The van der Waals surface area contributed by atoms with Crippen molar-refractivity contribution >= 4 is 92.1 Å². The van der Waals surface area contributed by atoms with Gasteiger partial charge in [-0.25, -0.2) is 0 Å². The van der Waals surface area contributed by atoms with E-state index in [4.69, 9.17) is 0 Å². The number of fused-ring (bicyclic) bond motifs is 1. The van der Waals surface area contributed by atoms with Crippen molar-refractivity contribution in [1.82, 2.24) is 14.4 Å². The zero-order chi connectivity index (χ0) is 23.5. The topological polar surface area (TPSA) is 50.7 Å². The van der Waals surface area contributed by atoms with Crippen molar-refractivity contribution < 1.29 is 13.4 Å². The van der Waals surface area contributed by atoms with Crippen molar-refractivity contribution in [3.63, 3.8) is 0 Å². The average Bonchev–Trinajstić information content (AvgIpc) is 3.13. The molecule has 164 valence electrons. The predicted octanol–water partition coefficient (Wildman–Crippen LogP) is 6.90. The van der Waals surface area contributed by atoms with E-state index in [1.54, 1.807) is 19.2 Å². The summed E-state index contributed by atoms with van der Waals surface area (Å²) >= 11 is 6.52. The van der Waals surface area contributed by atoms with E-state index in [9.17, 15) is 13.4 Å². The van der Waals surface area contributed by atoms with Gasteiger partial charge >= 0.3 is 7.40 Å². The van der Waals surface area contributed by atoms with Crippen molar-refractivity contribution in [1.29, 1.82) is 0 Å². The molecule has 3 heterocycles. The number of ketones is 1. The van der Waals surface area contributed by atoms with Crippen LogP contribution in [0.25, 0.3) is 11.1 Å². The second-order valence-electron chi connectivity index (χ2n) is 7.59. The molecule has 0 fully saturated rings. The maximum Gasteiger partial charge on any atom is 0.677 e. The van der Waals surface area contributed by atoms with Crippen LogP contribution < -0.4 is 0 Å². The SMILES string of the molecule is Cc1[nH]c(C(=C2C(I)=CC(=O)c3ncccc32)c2c(C)c(I)c(C)n2B(F)F)c(C)c1I. The van der Waals surface area contributed by atoms with E-state index < -0.39 is 7.40 Å². The van der Waals surface area contributed by atoms with Gasteiger partial charge in [0.1, 0.15) is 5.69 Å². The van der Waals surface area contributed by atoms with Crippen LogP contribution >= 0.6 is 67.8 Å². The highest BCUT2D eigenvalue weighted by Gasteiger charge is 2.34. The summed E-state index contributed by atoms with van der Waals surface area (Å²) in [7, 11) is -2.71. The molecule has 32 heavy (non-hydrogen) atoms. The summed E-state index contributed by atoms with van der Waals surface area (Å²) in [5, 5.41) is 0. The largest absolute Gasteiger partial charge is 0.677 e. The zero-order valence-corrected chi connectivity index (χ0v) is 24.1. The smallest absolute Gasteiger partial charge is 0.357 e. The van der Waals surface area contributed by atoms with Gasteiger partial charge in [0.05, 0.1) is 5.69 Å². The number of aromatic nitrogens is 3. The van der Waals surface area contributed by atoms with Crippen LogP contribution in [-0.2, 0) is 0 Å². The van der Waals surface area contributed by atoms with Gasteiger partial charge in [-0.15, -0.1) is 0 Å². The second kappa shape index (κ2) is 8.97. The van der Waals surface area contributed by atoms with E-state index in [0.717, 1.165) is 39.7 Å². The number of rotatable bonds is 3. The fraction of sp³-hybridized carbons (Fsp3) is 0.182. The van der Waals surface area contributed by atoms with Crippen LogP contribution in [0.2, 0.25) is 0 Å². The van der Waals surface area contributed by atoms with E-state index >= 15 is 0 Å². The molecule has 1 aliphatic rings. The highest BCUT2D eigenvalue weighted by molar-refractivity contribution is 14.1. The van der Waals surface area contributed by atoms with Gasteiger partial charge in [-0.2, -0.15) is 0 Å². The summed E-state index contributed by atoms with van der Waals surface area (Å²) in [6, 6.07) is 3.60. The molecular weight excluding hydrogens is 752 g/mol. The Hall–Kier alpha value is -1.03. The van der Waals surface area contributed by atoms with Gasteiger partial charge in [-0.3, -0.25) is 18.4 Å². The van der Waals surface area contributed by atoms with Crippen LogP contribution in [-0.4, -0.2) is 27.6 Å². The first-order chi connectivity index (χ1) is 15.1. The number of hydrogen-bond acceptors (Lipinski definition) is 2. The molecule has 1 N–H and O–H groups in total. The summed E-state index contributed by atoms with van der Waals surface area (Å²) in [5.74, 6) is -0.186. The summed E-state index contributed by atoms with van der Waals surface area (Å²) in [6.45, 7) is 7.53. The molecule has 0 saturated carbocycles. The van der Waals surface area contributed by atoms with Crippen LogP contribution in [0.1, 0.15) is 50.0 Å². The monoisotopic (exact) mass is 769 g/mol. The second-order valence-corrected chi connectivity index (χ2v) is 10.9. The molecule has 0 saturated heterocycles. The van der Waals surface area contributed by atoms with Gasteiger partial charge < -0.3 is 9.46 Å². The first kappa shape index (κ1) is 24.1. The van der Waals surface area contributed by atoms with Gasteiger partial charge in [0, 0.05) is 56.8 Å². The van der Waals surface area contributed by atoms with Gasteiger partial charge in [0.2, 0.25) is 5.78 Å². The number of carbonyl (C=O) groups excluding carboxylic acids is 1. The van der Waals surface area contributed by atoms with E-state index in [1.807, 2.05) is 26.8 Å². The average molecular weight is 769 g/mol. The molecule has 1 aliphatic carbocycles. The molecule has 4 rings (SSSR count). The molecule has 3 aromatic heterocycles. The minimum atomic E-state index is -2.71. The number of aromatic amines is 1. The summed E-state index contributed by atoms with van der Waals surface area (Å²) in [6.07, 6.45) is 3.11. The Labute approximate surface area is 226 Å². The lowest BCUT2D eigenvalue weighted by molar-refractivity contribution is 0.104. The lowest BCUT2D eigenvalue weighted by Gasteiger charge is -2.22. The molecule has 0 radical (unpaired) electrons. The first-order valence-electron chi connectivity index (χ1n) is 9.68. The lowest BCUT2D eigenvalue weighted by Crippen LogP contribution is -2.19. The number of nitrogens with zero attached hydrogens (tertiary/aromatic N) is 2. The van der Waals surface area contributed by atoms with Crippen molar-refractivity contribution in [3.8, 4) is 0 Å². The number of carbonyl (C=O) groups is 1. The third-order valence-electron chi connectivity index (χ3n) is 5.69. The standard InChI is InChI=1S/C22H17BF2I3N3O/c1-9-18(27)11(3)30-20(9)17(22-10(2)19(28)12(4)31(22)23(24)25)16-13-6-5-7-29-21(13)15(32)8-14(16)26/h5-8,30H,1-4H3. The third-order valence-corrected chi connectivity index (χ3v) is 9.75. The first-order valence-corrected chi connectivity index (χ1v) is 12.9. The Kier molecular flexibility index (Phi) is 6.76. The fourth-order valence-corrected chi connectivity index (χ4v) is 5.92. The number of pyridine rings is 1. The zero-order valence-electron chi connectivity index (χ0n) is 17.6. The Balaban J connectivity index is 2.26. The summed E-state index contributed by atoms with van der Waals surface area (Å²) in [4.78, 5) is 20.4. The summed E-state index contributed by atoms with van der Waals surface area (Å²) in [5.41, 5.74) is 6.81. The van der Waals surface area contributed by atoms with Crippen molar-refractivity contribution in [2.24, 2.45) is 0 Å². The molecule has 0 atom stereocenters. The van der Waals surface area contributed by atoms with Crippen molar-refractivity contribution in [3.05, 3.63) is 80.3 Å². The number of halogens is 5. The van der Waals surface area contributed by atoms with Gasteiger partial charge in [0.25, 0.3) is 0 Å². The molecule has 0 bridgehead atoms. The molecular formula is C22H17BF2I3N3O. The minimum Gasteiger partial charge on any atom is -0.357 e. The number of allylic oxidation sites excluding steroid dienone is 3. The third kappa shape index (κ3) is 3.73. The van der Waals surface area contributed by atoms with E-state index in [1.165, 1.54) is 6.08 Å². The van der Waals surface area contributed by atoms with E-state index in [0.29, 0.717) is 31.8 Å². The van der Waals surface area contributed by atoms with Crippen LogP contribution in [0, 0.1) is 34.8 Å². The number of nitrogens with one attached hydrogen (secondary N) is 1. The van der Waals surface area contributed by atoms with Gasteiger partial charge in [-0.1, -0.05) is 6.07 Å². The molecule has 0 aromatic carbocycles. The normalized spacial score (nSPS) is 15.0. The quantitative estimate of drug-likeness (QED) is 0.233. The summed E-state index contributed by atoms with van der Waals surface area (Å²) < 4.78 is 32.4. The highest BCUT2D eigenvalue weighted by atomic mass is 127. The molecule has 10 heteroatoms. The molecule has 0 unspecified atom stereocenters. The molecule has 0 spiro atoms. The maximum absolute atomic E-state index is 14.4. The van der Waals surface area contributed by atoms with Crippen LogP contribution in [0.3, 0.4) is 0 Å². The van der Waals surface area contributed by atoms with Crippen molar-refractivity contribution in [2.45, 2.75) is 27.7 Å². The van der Waals surface area contributed by atoms with Crippen LogP contribution in [0.4, 0.5) is 8.63 Å². The minimum absolute atomic E-state index is 0.186. The molecule has 0 aliphatic heterocycles. The number of aryl methyl sites for hydroxylation is 1. The van der Waals surface area contributed by atoms with E-state index in [2.05, 4.69) is 77.7 Å². The van der Waals surface area contributed by atoms with Gasteiger partial charge in [-0.05, 0) is 113 Å². The highest BCUT2D eigenvalue weighted by Crippen LogP contribution is 2.46. The van der Waals surface area contributed by atoms with Crippen molar-refractivity contribution in [2.75, 3.05) is 0 Å². The fourth-order valence-electron chi connectivity index (χ4n) is 4.16. The molecule has 4 nitrogen and oxygen atoms in total. The predicted molar refractivity (Wildman–Crippen MR) is 150 cm³/mol. The number of hydrogen-bond donors (Lipinski definition) is 1. The Bertz CT molecular complexity index is 1350. The Morgan fingerprint density at radius 2 is 1.78 bits per heavy atom. The Morgan fingerprint density at radius 3 is 2.38 bits per heavy atom. The van der Waals surface area contributed by atoms with Crippen LogP contribution in [0.15, 0.2) is 28.0 Å². The molecule has 0 amide bonds. The Morgan fingerprint density at radius 1 is 1.09 bits per heavy atom. The molecule has 3 aromatic rings. The van der Waals surface area contributed by atoms with E-state index in [-0.39, 0.29) is 5.78 Å². The number of H-pyrrole nitrogens is 1. The lowest BCUT2D eigenvalue weighted by atomic mass is 9.87. The van der Waals surface area contributed by atoms with Gasteiger partial charge in [0.15, 0.2) is 0 Å². The van der Waals surface area contributed by atoms with Crippen LogP contribution in [0.5, 0.6) is 0 Å².